The highest BCUT2D eigenvalue weighted by molar-refractivity contribution is 7.19. The first-order chi connectivity index (χ1) is 9.21. The Morgan fingerprint density at radius 3 is 2.50 bits per heavy atom. The number of nitrogens with zero attached hydrogens (tertiary/aromatic N) is 1. The third kappa shape index (κ3) is 3.69. The second-order valence-electron chi connectivity index (χ2n) is 3.87. The number of hydrogen-bond donors (Lipinski definition) is 1. The zero-order valence-electron chi connectivity index (χ0n) is 11.2. The molecule has 20 heavy (non-hydrogen) atoms. The molecule has 0 fully saturated rings. The van der Waals surface area contributed by atoms with Crippen LogP contribution in [0, 0.1) is 0 Å². The monoisotopic (exact) mass is 312 g/mol. The molecule has 1 aromatic rings. The number of methoxy groups -OCH3 is 1. The molecule has 0 radical (unpaired) electrons. The number of nitrogen functional groups attached to an aromatic ring is 1. The van der Waals surface area contributed by atoms with Crippen molar-refractivity contribution in [2.75, 3.05) is 37.9 Å². The Morgan fingerprint density at radius 2 is 2.05 bits per heavy atom. The van der Waals surface area contributed by atoms with Crippen LogP contribution in [-0.2, 0) is 4.74 Å². The van der Waals surface area contributed by atoms with Gasteiger partial charge in [0.1, 0.15) is 22.1 Å². The number of alkyl halides is 3. The molecular weight excluding hydrogens is 297 g/mol. The molecule has 0 atom stereocenters. The van der Waals surface area contributed by atoms with E-state index in [1.54, 1.807) is 6.92 Å². The summed E-state index contributed by atoms with van der Waals surface area (Å²) >= 11 is 0.809. The summed E-state index contributed by atoms with van der Waals surface area (Å²) in [6.45, 7) is 0.591. The molecule has 1 rings (SSSR count). The Morgan fingerprint density at radius 1 is 1.45 bits per heavy atom. The zero-order valence-corrected chi connectivity index (χ0v) is 12.0. The maximum atomic E-state index is 12.4. The van der Waals surface area contributed by atoms with Gasteiger partial charge in [-0.3, -0.25) is 0 Å². The van der Waals surface area contributed by atoms with Crippen LogP contribution >= 0.6 is 11.3 Å². The second-order valence-corrected chi connectivity index (χ2v) is 4.87. The van der Waals surface area contributed by atoms with Crippen LogP contribution in [0.25, 0.3) is 0 Å². The van der Waals surface area contributed by atoms with Crippen molar-refractivity contribution < 1.29 is 27.4 Å². The van der Waals surface area contributed by atoms with Crippen molar-refractivity contribution in [2.24, 2.45) is 0 Å². The van der Waals surface area contributed by atoms with Gasteiger partial charge in [0.2, 0.25) is 0 Å². The van der Waals surface area contributed by atoms with Crippen LogP contribution in [0.2, 0.25) is 0 Å². The molecule has 114 valence electrons. The van der Waals surface area contributed by atoms with E-state index in [0.29, 0.717) is 0 Å². The van der Waals surface area contributed by atoms with E-state index < -0.39 is 18.7 Å². The van der Waals surface area contributed by atoms with Crippen LogP contribution in [-0.4, -0.2) is 39.5 Å². The summed E-state index contributed by atoms with van der Waals surface area (Å²) in [7, 11) is 2.52. The lowest BCUT2D eigenvalue weighted by Gasteiger charge is -2.20. The minimum atomic E-state index is -4.37. The highest BCUT2D eigenvalue weighted by Gasteiger charge is 2.33. The lowest BCUT2D eigenvalue weighted by molar-refractivity contribution is -0.119. The predicted octanol–water partition coefficient (Wildman–Crippen LogP) is 2.51. The van der Waals surface area contributed by atoms with Crippen LogP contribution in [0.5, 0.6) is 5.75 Å². The van der Waals surface area contributed by atoms with Crippen LogP contribution < -0.4 is 15.4 Å². The number of rotatable bonds is 5. The number of hydrogen-bond acceptors (Lipinski definition) is 6. The van der Waals surface area contributed by atoms with Crippen molar-refractivity contribution in [1.29, 1.82) is 0 Å². The Bertz CT molecular complexity index is 488. The largest absolute Gasteiger partial charge is 0.492 e. The van der Waals surface area contributed by atoms with Gasteiger partial charge in [0, 0.05) is 7.05 Å². The number of carbonyl (C=O) groups is 1. The Labute approximate surface area is 118 Å². The smallest absolute Gasteiger partial charge is 0.405 e. The first kappa shape index (κ1) is 16.4. The Hall–Kier alpha value is -1.64. The van der Waals surface area contributed by atoms with E-state index in [-0.39, 0.29) is 27.9 Å². The second kappa shape index (κ2) is 6.21. The molecule has 0 aliphatic heterocycles. The highest BCUT2D eigenvalue weighted by atomic mass is 32.1. The molecule has 0 aliphatic carbocycles. The number of esters is 1. The van der Waals surface area contributed by atoms with Gasteiger partial charge in [-0.05, 0) is 6.92 Å². The third-order valence-electron chi connectivity index (χ3n) is 2.31. The number of carbonyl (C=O) groups excluding carboxylic acids is 1. The first-order valence-corrected chi connectivity index (χ1v) is 6.44. The lowest BCUT2D eigenvalue weighted by Crippen LogP contribution is -2.30. The molecule has 9 heteroatoms. The number of nitrogens with two attached hydrogens (primary N) is 1. The van der Waals surface area contributed by atoms with Crippen LogP contribution in [0.3, 0.4) is 0 Å². The maximum absolute atomic E-state index is 12.4. The van der Waals surface area contributed by atoms with E-state index in [4.69, 9.17) is 15.2 Å². The van der Waals surface area contributed by atoms with E-state index in [2.05, 4.69) is 0 Å². The standard InChI is InChI=1S/C11H15F3N2O3S/c1-4-19-10(17)8-6(15)7(18-3)9(20-8)16(2)5-11(12,13)14/h4-5,15H2,1-3H3. The molecule has 0 unspecified atom stereocenters. The molecule has 1 aromatic heterocycles. The molecule has 0 spiro atoms. The average molecular weight is 312 g/mol. The SMILES string of the molecule is CCOC(=O)c1sc(N(C)CC(F)(F)F)c(OC)c1N. The van der Waals surface area contributed by atoms with Gasteiger partial charge < -0.3 is 20.1 Å². The van der Waals surface area contributed by atoms with E-state index in [0.717, 1.165) is 16.2 Å². The van der Waals surface area contributed by atoms with Gasteiger partial charge in [-0.25, -0.2) is 4.79 Å². The topological polar surface area (TPSA) is 64.8 Å². The number of halogens is 3. The van der Waals surface area contributed by atoms with E-state index >= 15 is 0 Å². The fraction of sp³-hybridized carbons (Fsp3) is 0.545. The van der Waals surface area contributed by atoms with Gasteiger partial charge in [-0.1, -0.05) is 0 Å². The van der Waals surface area contributed by atoms with Crippen LogP contribution in [0.4, 0.5) is 23.9 Å². The van der Waals surface area contributed by atoms with Crippen molar-refractivity contribution >= 4 is 28.0 Å². The maximum Gasteiger partial charge on any atom is 0.405 e. The Kier molecular flexibility index (Phi) is 5.09. The molecule has 0 amide bonds. The van der Waals surface area contributed by atoms with Crippen molar-refractivity contribution in [3.8, 4) is 5.75 Å². The molecule has 5 nitrogen and oxygen atoms in total. The molecule has 2 N–H and O–H groups in total. The summed E-state index contributed by atoms with van der Waals surface area (Å²) < 4.78 is 47.0. The molecule has 0 saturated carbocycles. The highest BCUT2D eigenvalue weighted by Crippen LogP contribution is 2.45. The minimum absolute atomic E-state index is 0.0139. The van der Waals surface area contributed by atoms with Crippen LogP contribution in [0.15, 0.2) is 0 Å². The van der Waals surface area contributed by atoms with Gasteiger partial charge in [0.25, 0.3) is 0 Å². The van der Waals surface area contributed by atoms with E-state index in [1.165, 1.54) is 14.2 Å². The molecule has 1 heterocycles. The van der Waals surface area contributed by atoms with Crippen molar-refractivity contribution in [3.05, 3.63) is 4.88 Å². The van der Waals surface area contributed by atoms with Gasteiger partial charge in [0.05, 0.1) is 13.7 Å². The molecule has 0 aromatic carbocycles. The summed E-state index contributed by atoms with van der Waals surface area (Å²) in [6.07, 6.45) is -4.37. The van der Waals surface area contributed by atoms with Crippen molar-refractivity contribution in [1.82, 2.24) is 0 Å². The van der Waals surface area contributed by atoms with Gasteiger partial charge >= 0.3 is 12.1 Å². The summed E-state index contributed by atoms with van der Waals surface area (Å²) in [6, 6.07) is 0. The van der Waals surface area contributed by atoms with Gasteiger partial charge in [-0.15, -0.1) is 11.3 Å². The molecule has 0 saturated heterocycles. The summed E-state index contributed by atoms with van der Waals surface area (Å²) in [5.41, 5.74) is 5.71. The summed E-state index contributed by atoms with van der Waals surface area (Å²) in [5.74, 6) is -0.634. The number of anilines is 2. The number of ether oxygens (including phenoxy) is 2. The first-order valence-electron chi connectivity index (χ1n) is 5.62. The quantitative estimate of drug-likeness (QED) is 0.846. The van der Waals surface area contributed by atoms with Gasteiger partial charge in [-0.2, -0.15) is 13.2 Å². The van der Waals surface area contributed by atoms with Crippen molar-refractivity contribution in [3.63, 3.8) is 0 Å². The van der Waals surface area contributed by atoms with E-state index in [1.807, 2.05) is 0 Å². The fourth-order valence-corrected chi connectivity index (χ4v) is 2.60. The zero-order chi connectivity index (χ0) is 15.5. The number of thiophene rings is 1. The fourth-order valence-electron chi connectivity index (χ4n) is 1.55. The third-order valence-corrected chi connectivity index (χ3v) is 3.59. The molecular formula is C11H15F3N2O3S. The predicted molar refractivity (Wildman–Crippen MR) is 70.6 cm³/mol. The molecule has 0 bridgehead atoms. The summed E-state index contributed by atoms with van der Waals surface area (Å²) in [4.78, 5) is 12.6. The van der Waals surface area contributed by atoms with Crippen molar-refractivity contribution in [2.45, 2.75) is 13.1 Å². The lowest BCUT2D eigenvalue weighted by atomic mass is 10.3. The van der Waals surface area contributed by atoms with Crippen LogP contribution in [0.1, 0.15) is 16.6 Å². The summed E-state index contributed by atoms with van der Waals surface area (Å²) in [5, 5.41) is 0.130. The van der Waals surface area contributed by atoms with Gasteiger partial charge in [0.15, 0.2) is 5.75 Å². The minimum Gasteiger partial charge on any atom is -0.492 e. The average Bonchev–Trinajstić information content (AvgIpc) is 2.64. The molecule has 0 aliphatic rings. The Balaban J connectivity index is 3.14. The van der Waals surface area contributed by atoms with E-state index in [9.17, 15) is 18.0 Å². The normalized spacial score (nSPS) is 11.3.